The van der Waals surface area contributed by atoms with Gasteiger partial charge in [0.1, 0.15) is 18.3 Å². The van der Waals surface area contributed by atoms with E-state index in [2.05, 4.69) is 15.6 Å². The number of nitrogens with two attached hydrogens (primary N) is 1. The lowest BCUT2D eigenvalue weighted by molar-refractivity contribution is -0.0773. The number of halogens is 2. The van der Waals surface area contributed by atoms with Crippen LogP contribution < -0.4 is 16.4 Å². The van der Waals surface area contributed by atoms with Gasteiger partial charge in [0.05, 0.1) is 23.2 Å². The summed E-state index contributed by atoms with van der Waals surface area (Å²) in [6.07, 6.45) is 7.92. The van der Waals surface area contributed by atoms with Crippen LogP contribution in [0.25, 0.3) is 0 Å². The van der Waals surface area contributed by atoms with Crippen molar-refractivity contribution in [3.8, 4) is 0 Å². The summed E-state index contributed by atoms with van der Waals surface area (Å²) < 4.78 is 29.6. The number of allylic oxidation sites excluding steroid dienone is 4. The van der Waals surface area contributed by atoms with Crippen molar-refractivity contribution in [2.45, 2.75) is 26.4 Å². The lowest BCUT2D eigenvalue weighted by Crippen LogP contribution is -2.52. The van der Waals surface area contributed by atoms with E-state index in [0.717, 1.165) is 22.7 Å². The molecule has 9 heteroatoms. The lowest BCUT2D eigenvalue weighted by Gasteiger charge is -2.42. The molecule has 1 saturated heterocycles. The second kappa shape index (κ2) is 9.04. The number of rotatable bonds is 8. The average molecular weight is 404 g/mol. The number of nitrogens with zero attached hydrogens (tertiary/aromatic N) is 2. The van der Waals surface area contributed by atoms with Crippen molar-refractivity contribution in [1.82, 2.24) is 15.5 Å². The predicted molar refractivity (Wildman–Crippen MR) is 109 cm³/mol. The molecule has 0 saturated carbocycles. The summed E-state index contributed by atoms with van der Waals surface area (Å²) in [6.45, 7) is 4.60. The van der Waals surface area contributed by atoms with Crippen LogP contribution in [0, 0.1) is 11.3 Å². The van der Waals surface area contributed by atoms with E-state index in [0.29, 0.717) is 24.7 Å². The zero-order valence-corrected chi connectivity index (χ0v) is 16.5. The molecule has 156 valence electrons. The highest BCUT2D eigenvalue weighted by Gasteiger charge is 2.30. The van der Waals surface area contributed by atoms with Gasteiger partial charge >= 0.3 is 0 Å². The molecule has 0 spiro atoms. The summed E-state index contributed by atoms with van der Waals surface area (Å²) in [7, 11) is 0. The highest BCUT2D eigenvalue weighted by Crippen LogP contribution is 2.25. The molecule has 0 atom stereocenters. The number of ether oxygens (including phenoxy) is 1. The third-order valence-electron chi connectivity index (χ3n) is 4.70. The minimum atomic E-state index is -2.44. The Kier molecular flexibility index (Phi) is 6.48. The largest absolute Gasteiger partial charge is 0.384 e. The number of dihydropyridines is 2. The maximum atomic E-state index is 12.2. The number of amidine groups is 1. The van der Waals surface area contributed by atoms with Gasteiger partial charge in [0.15, 0.2) is 0 Å². The molecule has 3 heterocycles. The number of alkyl halides is 2. The van der Waals surface area contributed by atoms with Gasteiger partial charge in [-0.1, -0.05) is 13.8 Å². The monoisotopic (exact) mass is 404 g/mol. The van der Waals surface area contributed by atoms with Gasteiger partial charge in [-0.2, -0.15) is 0 Å². The first-order chi connectivity index (χ1) is 13.9. The highest BCUT2D eigenvalue weighted by atomic mass is 19.3. The summed E-state index contributed by atoms with van der Waals surface area (Å²) in [5.74, 6) is 1.09. The fourth-order valence-corrected chi connectivity index (χ4v) is 3.01. The minimum Gasteiger partial charge on any atom is -0.384 e. The fraction of sp³-hybridized carbons (Fsp3) is 0.400. The molecule has 0 aromatic carbocycles. The Bertz CT molecular complexity index is 832. The summed E-state index contributed by atoms with van der Waals surface area (Å²) in [5.41, 5.74) is 9.48. The van der Waals surface area contributed by atoms with Crippen molar-refractivity contribution in [3.63, 3.8) is 0 Å². The van der Waals surface area contributed by atoms with Crippen LogP contribution in [0.3, 0.4) is 0 Å². The zero-order valence-electron chi connectivity index (χ0n) is 16.5. The van der Waals surface area contributed by atoms with Gasteiger partial charge < -0.3 is 31.4 Å². The SMILES string of the molecule is CC(C)C(C=N)=CC(N)=NC1=CC=C2NC=C(N3CC(OCC(F)F)C3)C=C2N1. The molecule has 5 N–H and O–H groups in total. The standard InChI is InChI=1S/C20H26F2N6O/c1-12(2)13(7-23)5-19(24)27-20-4-3-16-17(26-20)6-14(8-25-16)28-9-15(10-28)29-11-18(21)22/h3-8,12,15,18,23,25-26H,9-11H2,1-2H3,(H2,24,27). The molecule has 29 heavy (non-hydrogen) atoms. The first-order valence-electron chi connectivity index (χ1n) is 9.44. The number of hydrogen-bond donors (Lipinski definition) is 4. The predicted octanol–water partition coefficient (Wildman–Crippen LogP) is 2.20. The number of fused-ring (bicyclic) bond motifs is 1. The van der Waals surface area contributed by atoms with Gasteiger partial charge in [0.25, 0.3) is 6.43 Å². The van der Waals surface area contributed by atoms with Crippen LogP contribution in [0.2, 0.25) is 0 Å². The van der Waals surface area contributed by atoms with Gasteiger partial charge in [-0.3, -0.25) is 0 Å². The highest BCUT2D eigenvalue weighted by molar-refractivity contribution is 5.97. The van der Waals surface area contributed by atoms with Crippen LogP contribution in [0.4, 0.5) is 8.78 Å². The van der Waals surface area contributed by atoms with E-state index in [-0.39, 0.29) is 12.0 Å². The van der Waals surface area contributed by atoms with Crippen LogP contribution in [-0.2, 0) is 4.74 Å². The molecular formula is C20H26F2N6O. The zero-order chi connectivity index (χ0) is 21.0. The molecule has 0 radical (unpaired) electrons. The number of aliphatic imine (C=N–C) groups is 1. The first-order valence-corrected chi connectivity index (χ1v) is 9.44. The van der Waals surface area contributed by atoms with E-state index < -0.39 is 13.0 Å². The van der Waals surface area contributed by atoms with Crippen molar-refractivity contribution in [1.29, 1.82) is 5.41 Å². The van der Waals surface area contributed by atoms with E-state index in [9.17, 15) is 8.78 Å². The Morgan fingerprint density at radius 3 is 2.79 bits per heavy atom. The molecule has 0 aromatic rings. The van der Waals surface area contributed by atoms with E-state index in [1.165, 1.54) is 6.21 Å². The third-order valence-corrected chi connectivity index (χ3v) is 4.70. The molecule has 3 rings (SSSR count). The molecular weight excluding hydrogens is 378 g/mol. The van der Waals surface area contributed by atoms with Gasteiger partial charge in [-0.15, -0.1) is 0 Å². The van der Waals surface area contributed by atoms with E-state index >= 15 is 0 Å². The van der Waals surface area contributed by atoms with Crippen molar-refractivity contribution in [3.05, 3.63) is 59.0 Å². The normalized spacial score (nSPS) is 20.1. The van der Waals surface area contributed by atoms with E-state index in [4.69, 9.17) is 15.9 Å². The van der Waals surface area contributed by atoms with Crippen molar-refractivity contribution >= 4 is 12.1 Å². The average Bonchev–Trinajstić information content (AvgIpc) is 2.64. The Labute approximate surface area is 168 Å². The van der Waals surface area contributed by atoms with Crippen molar-refractivity contribution in [2.24, 2.45) is 16.6 Å². The topological polar surface area (TPSA) is 98.8 Å². The third kappa shape index (κ3) is 5.32. The van der Waals surface area contributed by atoms with Crippen LogP contribution in [0.15, 0.2) is 64.0 Å². The van der Waals surface area contributed by atoms with Crippen molar-refractivity contribution in [2.75, 3.05) is 19.7 Å². The molecule has 0 aliphatic carbocycles. The molecule has 3 aliphatic rings. The Hall–Kier alpha value is -2.94. The number of likely N-dealkylation sites (tertiary alicyclic amines) is 1. The second-order valence-electron chi connectivity index (χ2n) is 7.26. The smallest absolute Gasteiger partial charge is 0.261 e. The minimum absolute atomic E-state index is 0.171. The molecule has 1 fully saturated rings. The van der Waals surface area contributed by atoms with Gasteiger partial charge in [-0.05, 0) is 35.8 Å². The molecule has 0 bridgehead atoms. The van der Waals surface area contributed by atoms with Crippen LogP contribution in [0.5, 0.6) is 0 Å². The fourth-order valence-electron chi connectivity index (χ4n) is 3.01. The van der Waals surface area contributed by atoms with E-state index in [1.807, 2.05) is 43.2 Å². The summed E-state index contributed by atoms with van der Waals surface area (Å²) in [5, 5.41) is 13.9. The summed E-state index contributed by atoms with van der Waals surface area (Å²) in [4.78, 5) is 6.43. The number of nitrogens with one attached hydrogen (secondary N) is 3. The second-order valence-corrected chi connectivity index (χ2v) is 7.26. The van der Waals surface area contributed by atoms with Crippen molar-refractivity contribution < 1.29 is 13.5 Å². The maximum Gasteiger partial charge on any atom is 0.261 e. The first kappa shape index (κ1) is 20.8. The summed E-state index contributed by atoms with van der Waals surface area (Å²) >= 11 is 0. The maximum absolute atomic E-state index is 12.2. The summed E-state index contributed by atoms with van der Waals surface area (Å²) in [6, 6.07) is 0. The molecule has 3 aliphatic heterocycles. The van der Waals surface area contributed by atoms with Crippen LogP contribution in [0.1, 0.15) is 13.8 Å². The molecule has 0 aromatic heterocycles. The lowest BCUT2D eigenvalue weighted by atomic mass is 10.0. The quantitative estimate of drug-likeness (QED) is 0.367. The van der Waals surface area contributed by atoms with Gasteiger partial charge in [-0.25, -0.2) is 13.8 Å². The van der Waals surface area contributed by atoms with Gasteiger partial charge in [0, 0.05) is 25.5 Å². The Balaban J connectivity index is 1.62. The van der Waals surface area contributed by atoms with Crippen LogP contribution >= 0.6 is 0 Å². The van der Waals surface area contributed by atoms with E-state index in [1.54, 1.807) is 6.08 Å². The molecule has 0 unspecified atom stereocenters. The van der Waals surface area contributed by atoms with Crippen LogP contribution in [-0.4, -0.2) is 49.2 Å². The molecule has 0 amide bonds. The molecule has 7 nitrogen and oxygen atoms in total. The number of hydrogen-bond acceptors (Lipinski definition) is 6. The van der Waals surface area contributed by atoms with Gasteiger partial charge in [0.2, 0.25) is 0 Å². The Morgan fingerprint density at radius 1 is 1.38 bits per heavy atom. The Morgan fingerprint density at radius 2 is 2.14 bits per heavy atom.